The Balaban J connectivity index is 2.19. The maximum atomic E-state index is 12.1. The van der Waals surface area contributed by atoms with Crippen molar-refractivity contribution in [3.63, 3.8) is 0 Å². The van der Waals surface area contributed by atoms with Crippen LogP contribution in [-0.4, -0.2) is 92.5 Å². The van der Waals surface area contributed by atoms with Crippen LogP contribution < -0.4 is 4.89 Å². The molecule has 3 unspecified atom stereocenters. The molecule has 0 saturated heterocycles. The normalized spacial score (nSPS) is 27.5. The first kappa shape index (κ1) is 37.1. The van der Waals surface area contributed by atoms with Gasteiger partial charge in [-0.05, 0) is 32.1 Å². The third kappa shape index (κ3) is 14.8. The summed E-state index contributed by atoms with van der Waals surface area (Å²) in [5, 5.41) is 58.1. The number of esters is 1. The van der Waals surface area contributed by atoms with Gasteiger partial charge in [-0.1, -0.05) is 70.4 Å². The molecule has 1 saturated carbocycles. The summed E-state index contributed by atoms with van der Waals surface area (Å²) in [6.07, 6.45) is 5.83. The average Bonchev–Trinajstić information content (AvgIpc) is 2.93. The number of rotatable bonds is 22. The Kier molecular flexibility index (Phi) is 19.4. The Morgan fingerprint density at radius 1 is 0.800 bits per heavy atom. The monoisotopic (exact) mass is 597 g/mol. The SMILES string of the molecule is CCCCCCCC/C=C\CCCCCCCC(=O)O[C@H](CO)COP(=O)([O-])OC1[C@H](O)[C@H](O)C(O)[C@H](O)[C@H]1O. The lowest BCUT2D eigenvalue weighted by atomic mass is 9.85. The zero-order valence-electron chi connectivity index (χ0n) is 23.6. The third-order valence-electron chi connectivity index (χ3n) is 6.89. The minimum atomic E-state index is -5.25. The Hall–Kier alpha value is -0.920. The summed E-state index contributed by atoms with van der Waals surface area (Å²) >= 11 is 0. The molecule has 0 aliphatic heterocycles. The van der Waals surface area contributed by atoms with Crippen LogP contribution in [0, 0.1) is 0 Å². The number of unbranched alkanes of at least 4 members (excludes halogenated alkanes) is 11. The number of allylic oxidation sites excluding steroid dienone is 2. The van der Waals surface area contributed by atoms with E-state index in [2.05, 4.69) is 28.1 Å². The second-order valence-electron chi connectivity index (χ2n) is 10.4. The number of phosphoric acid groups is 1. The predicted octanol–water partition coefficient (Wildman–Crippen LogP) is 1.62. The van der Waals surface area contributed by atoms with E-state index in [0.717, 1.165) is 38.5 Å². The lowest BCUT2D eigenvalue weighted by Gasteiger charge is -2.43. The van der Waals surface area contributed by atoms with Crippen molar-refractivity contribution in [2.75, 3.05) is 13.2 Å². The maximum Gasteiger partial charge on any atom is 0.306 e. The number of hydrogen-bond acceptors (Lipinski definition) is 12. The number of carbonyl (C=O) groups excluding carboxylic acids is 1. The highest BCUT2D eigenvalue weighted by molar-refractivity contribution is 7.45. The fourth-order valence-corrected chi connectivity index (χ4v) is 5.34. The van der Waals surface area contributed by atoms with Crippen molar-refractivity contribution < 1.29 is 58.7 Å². The van der Waals surface area contributed by atoms with Crippen molar-refractivity contribution in [2.24, 2.45) is 0 Å². The van der Waals surface area contributed by atoms with E-state index in [1.165, 1.54) is 38.5 Å². The van der Waals surface area contributed by atoms with Gasteiger partial charge in [-0.25, -0.2) is 0 Å². The van der Waals surface area contributed by atoms with Crippen molar-refractivity contribution in [3.05, 3.63) is 12.2 Å². The summed E-state index contributed by atoms with van der Waals surface area (Å²) in [5.74, 6) is -0.625. The Morgan fingerprint density at radius 2 is 1.27 bits per heavy atom. The van der Waals surface area contributed by atoms with E-state index in [0.29, 0.717) is 6.42 Å². The molecule has 236 valence electrons. The summed E-state index contributed by atoms with van der Waals surface area (Å²) in [6, 6.07) is 0. The molecule has 0 bridgehead atoms. The van der Waals surface area contributed by atoms with Gasteiger partial charge in [0.1, 0.15) is 42.7 Å². The molecule has 0 amide bonds. The van der Waals surface area contributed by atoms with Gasteiger partial charge < -0.3 is 49.3 Å². The second-order valence-corrected chi connectivity index (χ2v) is 11.8. The summed E-state index contributed by atoms with van der Waals surface area (Å²) in [6.45, 7) is 0.705. The molecule has 0 radical (unpaired) electrons. The van der Waals surface area contributed by atoms with Crippen LogP contribution in [0.1, 0.15) is 96.8 Å². The summed E-state index contributed by atoms with van der Waals surface area (Å²) in [7, 11) is -5.25. The van der Waals surface area contributed by atoms with Gasteiger partial charge in [0.2, 0.25) is 0 Å². The number of phosphoric ester groups is 1. The first-order valence-corrected chi connectivity index (χ1v) is 16.0. The number of hydrogen-bond donors (Lipinski definition) is 6. The van der Waals surface area contributed by atoms with Crippen LogP contribution in [0.5, 0.6) is 0 Å². The second kappa shape index (κ2) is 20.9. The van der Waals surface area contributed by atoms with E-state index in [-0.39, 0.29) is 6.42 Å². The molecule has 0 heterocycles. The summed E-state index contributed by atoms with van der Waals surface area (Å²) in [5.41, 5.74) is 0. The van der Waals surface area contributed by atoms with E-state index in [9.17, 15) is 44.9 Å². The van der Waals surface area contributed by atoms with E-state index in [1.54, 1.807) is 0 Å². The largest absolute Gasteiger partial charge is 0.756 e. The van der Waals surface area contributed by atoms with Gasteiger partial charge in [-0.15, -0.1) is 0 Å². The standard InChI is InChI=1S/C27H51O12P/c1-2-3-4-5-6-7-8-9-10-11-12-13-14-15-16-17-21(29)38-20(18-28)19-37-40(35,36)39-27-25(33)23(31)22(30)24(32)26(27)34/h9-10,20,22-28,30-34H,2-8,11-19H2,1H3,(H,35,36)/p-1/b10-9-/t20-,22?,23-,24+,25-,26-,27?/m1/s1. The summed E-state index contributed by atoms with van der Waals surface area (Å²) in [4.78, 5) is 24.2. The molecule has 0 aromatic heterocycles. The van der Waals surface area contributed by atoms with Crippen LogP contribution in [0.4, 0.5) is 0 Å². The zero-order chi connectivity index (χ0) is 30.0. The minimum Gasteiger partial charge on any atom is -0.756 e. The number of aliphatic hydroxyl groups excluding tert-OH is 6. The van der Waals surface area contributed by atoms with Gasteiger partial charge in [-0.2, -0.15) is 0 Å². The van der Waals surface area contributed by atoms with E-state index >= 15 is 0 Å². The summed E-state index contributed by atoms with van der Waals surface area (Å²) < 4.78 is 26.3. The van der Waals surface area contributed by atoms with Crippen LogP contribution >= 0.6 is 7.82 Å². The molecule has 1 aliphatic carbocycles. The number of ether oxygens (including phenoxy) is 1. The topological polar surface area (TPSA) is 206 Å². The molecule has 1 aliphatic rings. The third-order valence-corrected chi connectivity index (χ3v) is 7.85. The quantitative estimate of drug-likeness (QED) is 0.0456. The highest BCUT2D eigenvalue weighted by Crippen LogP contribution is 2.43. The van der Waals surface area contributed by atoms with Gasteiger partial charge in [-0.3, -0.25) is 9.36 Å². The first-order chi connectivity index (χ1) is 19.0. The first-order valence-electron chi connectivity index (χ1n) is 14.5. The van der Waals surface area contributed by atoms with Gasteiger partial charge in [0.25, 0.3) is 7.82 Å². The maximum absolute atomic E-state index is 12.1. The number of carbonyl (C=O) groups is 1. The molecular weight excluding hydrogens is 547 g/mol. The van der Waals surface area contributed by atoms with Crippen molar-refractivity contribution in [3.8, 4) is 0 Å². The molecular formula is C27H50O12P-. The smallest absolute Gasteiger partial charge is 0.306 e. The van der Waals surface area contributed by atoms with Gasteiger partial charge >= 0.3 is 5.97 Å². The van der Waals surface area contributed by atoms with Gasteiger partial charge in [0.15, 0.2) is 0 Å². The molecule has 13 heteroatoms. The fraction of sp³-hybridized carbons (Fsp3) is 0.889. The fourth-order valence-electron chi connectivity index (χ4n) is 4.38. The molecule has 12 nitrogen and oxygen atoms in total. The molecule has 8 atom stereocenters. The molecule has 1 rings (SSSR count). The van der Waals surface area contributed by atoms with Gasteiger partial charge in [0.05, 0.1) is 13.2 Å². The molecule has 40 heavy (non-hydrogen) atoms. The highest BCUT2D eigenvalue weighted by Gasteiger charge is 2.50. The van der Waals surface area contributed by atoms with Crippen LogP contribution in [0.3, 0.4) is 0 Å². The Morgan fingerprint density at radius 3 is 1.80 bits per heavy atom. The molecule has 0 spiro atoms. The molecule has 0 aromatic carbocycles. The van der Waals surface area contributed by atoms with Crippen LogP contribution in [0.15, 0.2) is 12.2 Å². The Labute approximate surface area is 237 Å². The minimum absolute atomic E-state index is 0.0960. The van der Waals surface area contributed by atoms with Crippen molar-refractivity contribution in [2.45, 2.75) is 140 Å². The van der Waals surface area contributed by atoms with Crippen molar-refractivity contribution in [1.82, 2.24) is 0 Å². The van der Waals surface area contributed by atoms with Crippen LogP contribution in [0.2, 0.25) is 0 Å². The zero-order valence-corrected chi connectivity index (χ0v) is 24.5. The molecule has 6 N–H and O–H groups in total. The van der Waals surface area contributed by atoms with E-state index in [4.69, 9.17) is 4.74 Å². The van der Waals surface area contributed by atoms with Crippen molar-refractivity contribution in [1.29, 1.82) is 0 Å². The van der Waals surface area contributed by atoms with Gasteiger partial charge in [0, 0.05) is 6.42 Å². The lowest BCUT2D eigenvalue weighted by Crippen LogP contribution is -2.64. The average molecular weight is 598 g/mol. The Bertz CT molecular complexity index is 735. The molecule has 1 fully saturated rings. The highest BCUT2D eigenvalue weighted by atomic mass is 31.2. The lowest BCUT2D eigenvalue weighted by molar-refractivity contribution is -0.261. The predicted molar refractivity (Wildman–Crippen MR) is 145 cm³/mol. The van der Waals surface area contributed by atoms with Crippen LogP contribution in [0.25, 0.3) is 0 Å². The van der Waals surface area contributed by atoms with E-state index < -0.39 is 69.7 Å². The van der Waals surface area contributed by atoms with Crippen molar-refractivity contribution >= 4 is 13.8 Å². The molecule has 0 aromatic rings. The van der Waals surface area contributed by atoms with Crippen LogP contribution in [-0.2, 0) is 23.1 Å². The van der Waals surface area contributed by atoms with E-state index in [1.807, 2.05) is 0 Å². The number of aliphatic hydroxyl groups is 6.